The quantitative estimate of drug-likeness (QED) is 0.649. The van der Waals surface area contributed by atoms with Crippen LogP contribution in [0, 0.1) is 12.7 Å². The number of nitrogens with two attached hydrogens (primary N) is 1. The van der Waals surface area contributed by atoms with E-state index >= 15 is 0 Å². The molecule has 1 aromatic carbocycles. The van der Waals surface area contributed by atoms with E-state index in [0.717, 1.165) is 0 Å². The third-order valence-corrected chi connectivity index (χ3v) is 1.66. The number of rotatable bonds is 1. The largest absolute Gasteiger partial charge is 0.396 e. The van der Waals surface area contributed by atoms with Crippen LogP contribution in [0.4, 0.5) is 15.8 Å². The Bertz CT molecular complexity index is 326. The lowest BCUT2D eigenvalue weighted by atomic mass is 10.1. The van der Waals surface area contributed by atoms with Gasteiger partial charge in [-0.05, 0) is 24.6 Å². The topological polar surface area (TPSA) is 55.1 Å². The lowest BCUT2D eigenvalue weighted by Crippen LogP contribution is -2.07. The van der Waals surface area contributed by atoms with E-state index in [1.807, 2.05) is 0 Å². The molecule has 70 valence electrons. The molecule has 0 aliphatic heterocycles. The van der Waals surface area contributed by atoms with Crippen LogP contribution in [0.25, 0.3) is 0 Å². The summed E-state index contributed by atoms with van der Waals surface area (Å²) < 4.78 is 13.0. The average molecular weight is 182 g/mol. The molecule has 0 spiro atoms. The number of amides is 1. The minimum Gasteiger partial charge on any atom is -0.396 e. The summed E-state index contributed by atoms with van der Waals surface area (Å²) in [5, 5.41) is 2.48. The number of hydrogen-bond donors (Lipinski definition) is 2. The fraction of sp³-hybridized carbons (Fsp3) is 0.222. The van der Waals surface area contributed by atoms with Gasteiger partial charge in [0.2, 0.25) is 5.91 Å². The van der Waals surface area contributed by atoms with Crippen molar-refractivity contribution < 1.29 is 9.18 Å². The van der Waals surface area contributed by atoms with Crippen LogP contribution in [0.3, 0.4) is 0 Å². The predicted molar refractivity (Wildman–Crippen MR) is 49.9 cm³/mol. The van der Waals surface area contributed by atoms with Crippen molar-refractivity contribution in [1.29, 1.82) is 0 Å². The maximum absolute atomic E-state index is 13.0. The number of nitrogens with one attached hydrogen (secondary N) is 1. The molecular weight excluding hydrogens is 171 g/mol. The highest BCUT2D eigenvalue weighted by Crippen LogP contribution is 2.20. The van der Waals surface area contributed by atoms with Crippen molar-refractivity contribution in [2.75, 3.05) is 11.1 Å². The van der Waals surface area contributed by atoms with Crippen molar-refractivity contribution in [3.8, 4) is 0 Å². The molecule has 0 fully saturated rings. The summed E-state index contributed by atoms with van der Waals surface area (Å²) in [4.78, 5) is 10.7. The van der Waals surface area contributed by atoms with Gasteiger partial charge in [0.1, 0.15) is 5.82 Å². The summed E-state index contributed by atoms with van der Waals surface area (Å²) in [6.45, 7) is 3.05. The second-order valence-electron chi connectivity index (χ2n) is 2.87. The molecule has 3 N–H and O–H groups in total. The molecule has 0 atom stereocenters. The Morgan fingerprint density at radius 1 is 1.54 bits per heavy atom. The Kier molecular flexibility index (Phi) is 2.51. The van der Waals surface area contributed by atoms with Crippen molar-refractivity contribution in [1.82, 2.24) is 0 Å². The molecule has 3 nitrogen and oxygen atoms in total. The van der Waals surface area contributed by atoms with Crippen LogP contribution < -0.4 is 11.1 Å². The summed E-state index contributed by atoms with van der Waals surface area (Å²) in [6, 6.07) is 2.82. The first-order valence-electron chi connectivity index (χ1n) is 3.84. The number of nitrogen functional groups attached to an aromatic ring is 1. The monoisotopic (exact) mass is 182 g/mol. The van der Waals surface area contributed by atoms with Gasteiger partial charge >= 0.3 is 0 Å². The zero-order chi connectivity index (χ0) is 10.0. The standard InChI is InChI=1S/C9H11FN2O/c1-5-3-7(12-6(2)13)4-8(10)9(5)11/h3-4H,11H2,1-2H3,(H,12,13). The maximum Gasteiger partial charge on any atom is 0.221 e. The lowest BCUT2D eigenvalue weighted by molar-refractivity contribution is -0.114. The smallest absolute Gasteiger partial charge is 0.221 e. The predicted octanol–water partition coefficient (Wildman–Crippen LogP) is 1.67. The van der Waals surface area contributed by atoms with Crippen LogP contribution in [0.15, 0.2) is 12.1 Å². The zero-order valence-electron chi connectivity index (χ0n) is 7.52. The highest BCUT2D eigenvalue weighted by atomic mass is 19.1. The first-order chi connectivity index (χ1) is 6.00. The van der Waals surface area contributed by atoms with E-state index in [-0.39, 0.29) is 11.6 Å². The Balaban J connectivity index is 3.06. The van der Waals surface area contributed by atoms with Crippen molar-refractivity contribution in [2.24, 2.45) is 0 Å². The molecule has 4 heteroatoms. The highest BCUT2D eigenvalue weighted by molar-refractivity contribution is 5.89. The van der Waals surface area contributed by atoms with Crippen LogP contribution >= 0.6 is 0 Å². The average Bonchev–Trinajstić information content (AvgIpc) is 1.98. The number of anilines is 2. The summed E-state index contributed by atoms with van der Waals surface area (Å²) in [7, 11) is 0. The molecule has 1 aromatic rings. The van der Waals surface area contributed by atoms with Crippen molar-refractivity contribution in [3.63, 3.8) is 0 Å². The third-order valence-electron chi connectivity index (χ3n) is 1.66. The van der Waals surface area contributed by atoms with E-state index in [1.54, 1.807) is 13.0 Å². The van der Waals surface area contributed by atoms with Crippen molar-refractivity contribution in [3.05, 3.63) is 23.5 Å². The molecule has 13 heavy (non-hydrogen) atoms. The summed E-state index contributed by atoms with van der Waals surface area (Å²) in [6.07, 6.45) is 0. The molecular formula is C9H11FN2O. The fourth-order valence-electron chi connectivity index (χ4n) is 1.03. The molecule has 0 aliphatic rings. The van der Waals surface area contributed by atoms with Gasteiger partial charge in [0.15, 0.2) is 0 Å². The van der Waals surface area contributed by atoms with Gasteiger partial charge in [-0.3, -0.25) is 4.79 Å². The minimum atomic E-state index is -0.510. The molecule has 0 bridgehead atoms. The van der Waals surface area contributed by atoms with Crippen LogP contribution in [0.1, 0.15) is 12.5 Å². The van der Waals surface area contributed by atoms with E-state index in [0.29, 0.717) is 11.3 Å². The number of halogens is 1. The number of aryl methyl sites for hydroxylation is 1. The summed E-state index contributed by atoms with van der Waals surface area (Å²) >= 11 is 0. The lowest BCUT2D eigenvalue weighted by Gasteiger charge is -2.06. The number of hydrogen-bond acceptors (Lipinski definition) is 2. The van der Waals surface area contributed by atoms with Gasteiger partial charge in [-0.2, -0.15) is 0 Å². The van der Waals surface area contributed by atoms with Gasteiger partial charge in [-0.15, -0.1) is 0 Å². The Labute approximate surface area is 75.7 Å². The van der Waals surface area contributed by atoms with Gasteiger partial charge in [-0.1, -0.05) is 0 Å². The second-order valence-corrected chi connectivity index (χ2v) is 2.87. The van der Waals surface area contributed by atoms with Crippen LogP contribution in [-0.4, -0.2) is 5.91 Å². The van der Waals surface area contributed by atoms with E-state index in [2.05, 4.69) is 5.32 Å². The van der Waals surface area contributed by atoms with Gasteiger partial charge in [0, 0.05) is 12.6 Å². The number of carbonyl (C=O) groups excluding carboxylic acids is 1. The Morgan fingerprint density at radius 3 is 2.62 bits per heavy atom. The van der Waals surface area contributed by atoms with Gasteiger partial charge < -0.3 is 11.1 Å². The van der Waals surface area contributed by atoms with Gasteiger partial charge in [-0.25, -0.2) is 4.39 Å². The second kappa shape index (κ2) is 3.43. The first kappa shape index (κ1) is 9.51. The number of benzene rings is 1. The van der Waals surface area contributed by atoms with Gasteiger partial charge in [0.05, 0.1) is 5.69 Å². The van der Waals surface area contributed by atoms with Crippen LogP contribution in [0.2, 0.25) is 0 Å². The minimum absolute atomic E-state index is 0.120. The first-order valence-corrected chi connectivity index (χ1v) is 3.84. The van der Waals surface area contributed by atoms with Crippen molar-refractivity contribution in [2.45, 2.75) is 13.8 Å². The van der Waals surface area contributed by atoms with E-state index in [1.165, 1.54) is 13.0 Å². The van der Waals surface area contributed by atoms with Crippen LogP contribution in [-0.2, 0) is 4.79 Å². The summed E-state index contributed by atoms with van der Waals surface area (Å²) in [5.74, 6) is -0.743. The third kappa shape index (κ3) is 2.18. The van der Waals surface area contributed by atoms with E-state index < -0.39 is 5.82 Å². The fourth-order valence-corrected chi connectivity index (χ4v) is 1.03. The molecule has 1 amide bonds. The molecule has 0 unspecified atom stereocenters. The molecule has 0 aliphatic carbocycles. The molecule has 1 rings (SSSR count). The van der Waals surface area contributed by atoms with Crippen molar-refractivity contribution >= 4 is 17.3 Å². The Morgan fingerprint density at radius 2 is 2.15 bits per heavy atom. The number of carbonyl (C=O) groups is 1. The molecule has 0 saturated heterocycles. The zero-order valence-corrected chi connectivity index (χ0v) is 7.52. The summed E-state index contributed by atoms with van der Waals surface area (Å²) in [5.41, 5.74) is 6.56. The Hall–Kier alpha value is -1.58. The van der Waals surface area contributed by atoms with Crippen LogP contribution in [0.5, 0.6) is 0 Å². The molecule has 0 heterocycles. The molecule has 0 radical (unpaired) electrons. The van der Waals surface area contributed by atoms with Gasteiger partial charge in [0.25, 0.3) is 0 Å². The maximum atomic E-state index is 13.0. The molecule has 0 aromatic heterocycles. The normalized spacial score (nSPS) is 9.77. The van der Waals surface area contributed by atoms with E-state index in [4.69, 9.17) is 5.73 Å². The SMILES string of the molecule is CC(=O)Nc1cc(C)c(N)c(F)c1. The molecule has 0 saturated carbocycles. The highest BCUT2D eigenvalue weighted by Gasteiger charge is 2.04. The van der Waals surface area contributed by atoms with E-state index in [9.17, 15) is 9.18 Å².